The summed E-state index contributed by atoms with van der Waals surface area (Å²) in [5.41, 5.74) is 0.405. The highest BCUT2D eigenvalue weighted by molar-refractivity contribution is 6.30. The van der Waals surface area contributed by atoms with E-state index in [-0.39, 0.29) is 17.1 Å². The molecule has 0 bridgehead atoms. The third-order valence-corrected chi connectivity index (χ3v) is 2.33. The van der Waals surface area contributed by atoms with Crippen LogP contribution in [-0.4, -0.2) is 26.1 Å². The fourth-order valence-corrected chi connectivity index (χ4v) is 1.55. The van der Waals surface area contributed by atoms with Crippen LogP contribution in [0.1, 0.15) is 5.69 Å². The van der Waals surface area contributed by atoms with E-state index in [1.165, 1.54) is 18.3 Å². The number of halogens is 2. The second-order valence-electron chi connectivity index (χ2n) is 3.30. The summed E-state index contributed by atoms with van der Waals surface area (Å²) in [6.45, 7) is 0. The first kappa shape index (κ1) is 11.5. The number of carbonyl (C=O) groups is 1. The lowest BCUT2D eigenvalue weighted by molar-refractivity contribution is -0.136. The minimum atomic E-state index is -1.04. The molecule has 0 aliphatic carbocycles. The highest BCUT2D eigenvalue weighted by Gasteiger charge is 2.13. The maximum Gasteiger partial charge on any atom is 0.309 e. The SMILES string of the molecule is O=C(O)Cc1cnnn1-c1ccc(Cl)cc1F. The van der Waals surface area contributed by atoms with Crippen molar-refractivity contribution in [1.29, 1.82) is 0 Å². The number of hydrogen-bond donors (Lipinski definition) is 1. The van der Waals surface area contributed by atoms with Crippen molar-refractivity contribution in [3.8, 4) is 5.69 Å². The molecular formula is C10H7ClFN3O2. The van der Waals surface area contributed by atoms with Crippen molar-refractivity contribution >= 4 is 17.6 Å². The molecule has 1 aromatic carbocycles. The van der Waals surface area contributed by atoms with E-state index in [9.17, 15) is 9.18 Å². The summed E-state index contributed by atoms with van der Waals surface area (Å²) >= 11 is 5.62. The smallest absolute Gasteiger partial charge is 0.309 e. The minimum absolute atomic E-state index is 0.114. The van der Waals surface area contributed by atoms with Crippen LogP contribution >= 0.6 is 11.6 Å². The van der Waals surface area contributed by atoms with Gasteiger partial charge in [0.2, 0.25) is 0 Å². The number of rotatable bonds is 3. The summed E-state index contributed by atoms with van der Waals surface area (Å²) in [4.78, 5) is 10.6. The summed E-state index contributed by atoms with van der Waals surface area (Å²) in [7, 11) is 0. The second kappa shape index (κ2) is 4.50. The summed E-state index contributed by atoms with van der Waals surface area (Å²) in [5, 5.41) is 16.2. The van der Waals surface area contributed by atoms with Crippen LogP contribution in [0, 0.1) is 5.82 Å². The van der Waals surface area contributed by atoms with Gasteiger partial charge in [-0.2, -0.15) is 0 Å². The fourth-order valence-electron chi connectivity index (χ4n) is 1.39. The van der Waals surface area contributed by atoms with Gasteiger partial charge in [-0.3, -0.25) is 4.79 Å². The molecule has 0 spiro atoms. The molecule has 2 rings (SSSR count). The Morgan fingerprint density at radius 2 is 2.29 bits per heavy atom. The van der Waals surface area contributed by atoms with Crippen molar-refractivity contribution in [2.75, 3.05) is 0 Å². The van der Waals surface area contributed by atoms with E-state index in [0.717, 1.165) is 10.7 Å². The largest absolute Gasteiger partial charge is 0.481 e. The zero-order chi connectivity index (χ0) is 12.4. The average molecular weight is 256 g/mol. The zero-order valence-electron chi connectivity index (χ0n) is 8.47. The number of carboxylic acid groups (broad SMARTS) is 1. The van der Waals surface area contributed by atoms with Crippen molar-refractivity contribution < 1.29 is 14.3 Å². The van der Waals surface area contributed by atoms with Crippen molar-refractivity contribution in [3.63, 3.8) is 0 Å². The lowest BCUT2D eigenvalue weighted by Gasteiger charge is -2.05. The molecular weight excluding hydrogens is 249 g/mol. The Morgan fingerprint density at radius 3 is 2.94 bits per heavy atom. The van der Waals surface area contributed by atoms with Gasteiger partial charge in [0.15, 0.2) is 0 Å². The van der Waals surface area contributed by atoms with Crippen LogP contribution in [0.4, 0.5) is 4.39 Å². The molecule has 88 valence electrons. The van der Waals surface area contributed by atoms with Gasteiger partial charge in [-0.15, -0.1) is 5.10 Å². The highest BCUT2D eigenvalue weighted by atomic mass is 35.5. The monoisotopic (exact) mass is 255 g/mol. The average Bonchev–Trinajstić information content (AvgIpc) is 2.65. The lowest BCUT2D eigenvalue weighted by atomic mass is 10.2. The molecule has 7 heteroatoms. The van der Waals surface area contributed by atoms with Crippen LogP contribution in [-0.2, 0) is 11.2 Å². The van der Waals surface area contributed by atoms with Gasteiger partial charge in [-0.05, 0) is 18.2 Å². The van der Waals surface area contributed by atoms with E-state index in [2.05, 4.69) is 10.3 Å². The Morgan fingerprint density at radius 1 is 1.53 bits per heavy atom. The molecule has 0 unspecified atom stereocenters. The molecule has 0 saturated heterocycles. The first-order valence-corrected chi connectivity index (χ1v) is 5.02. The molecule has 0 saturated carbocycles. The van der Waals surface area contributed by atoms with E-state index < -0.39 is 11.8 Å². The molecule has 0 radical (unpaired) electrons. The molecule has 0 amide bonds. The first-order valence-electron chi connectivity index (χ1n) is 4.64. The maximum atomic E-state index is 13.6. The van der Waals surface area contributed by atoms with Crippen LogP contribution in [0.25, 0.3) is 5.69 Å². The summed E-state index contributed by atoms with van der Waals surface area (Å²) in [5.74, 6) is -1.63. The molecule has 1 heterocycles. The van der Waals surface area contributed by atoms with Crippen molar-refractivity contribution in [1.82, 2.24) is 15.0 Å². The van der Waals surface area contributed by atoms with Gasteiger partial charge in [0.05, 0.1) is 18.3 Å². The summed E-state index contributed by atoms with van der Waals surface area (Å²) in [6.07, 6.45) is 0.997. The second-order valence-corrected chi connectivity index (χ2v) is 3.74. The summed E-state index contributed by atoms with van der Waals surface area (Å²) < 4.78 is 14.7. The third kappa shape index (κ3) is 2.42. The van der Waals surface area contributed by atoms with Crippen molar-refractivity contribution in [2.45, 2.75) is 6.42 Å². The standard InChI is InChI=1S/C10H7ClFN3O2/c11-6-1-2-9(8(12)3-6)15-7(4-10(16)17)5-13-14-15/h1-3,5H,4H2,(H,16,17). The van der Waals surface area contributed by atoms with Crippen LogP contribution in [0.5, 0.6) is 0 Å². The van der Waals surface area contributed by atoms with Crippen LogP contribution in [0.3, 0.4) is 0 Å². The number of hydrogen-bond acceptors (Lipinski definition) is 3. The zero-order valence-corrected chi connectivity index (χ0v) is 9.23. The molecule has 0 atom stereocenters. The topological polar surface area (TPSA) is 68.0 Å². The fraction of sp³-hybridized carbons (Fsp3) is 0.100. The van der Waals surface area contributed by atoms with E-state index >= 15 is 0 Å². The highest BCUT2D eigenvalue weighted by Crippen LogP contribution is 2.18. The van der Waals surface area contributed by atoms with Crippen LogP contribution in [0.15, 0.2) is 24.4 Å². The lowest BCUT2D eigenvalue weighted by Crippen LogP contribution is -2.09. The van der Waals surface area contributed by atoms with Crippen LogP contribution < -0.4 is 0 Å². The van der Waals surface area contributed by atoms with Gasteiger partial charge in [0, 0.05) is 5.02 Å². The van der Waals surface area contributed by atoms with Gasteiger partial charge >= 0.3 is 5.97 Å². The Kier molecular flexibility index (Phi) is 3.06. The van der Waals surface area contributed by atoms with Crippen molar-refractivity contribution in [2.24, 2.45) is 0 Å². The predicted molar refractivity (Wildman–Crippen MR) is 57.7 cm³/mol. The van der Waals surface area contributed by atoms with Gasteiger partial charge < -0.3 is 5.11 Å². The third-order valence-electron chi connectivity index (χ3n) is 2.09. The molecule has 5 nitrogen and oxygen atoms in total. The van der Waals surface area contributed by atoms with Crippen LogP contribution in [0.2, 0.25) is 5.02 Å². The normalized spacial score (nSPS) is 10.5. The van der Waals surface area contributed by atoms with Gasteiger partial charge in [0.25, 0.3) is 0 Å². The number of aliphatic carboxylic acids is 1. The quantitative estimate of drug-likeness (QED) is 0.906. The number of carboxylic acids is 1. The molecule has 0 aliphatic rings. The minimum Gasteiger partial charge on any atom is -0.481 e. The van der Waals surface area contributed by atoms with Gasteiger partial charge in [0.1, 0.15) is 11.5 Å². The Bertz CT molecular complexity index is 570. The van der Waals surface area contributed by atoms with Crippen molar-refractivity contribution in [3.05, 3.63) is 40.9 Å². The Labute approximate surface area is 100 Å². The molecule has 1 aromatic heterocycles. The van der Waals surface area contributed by atoms with E-state index in [1.807, 2.05) is 0 Å². The maximum absolute atomic E-state index is 13.6. The first-order chi connectivity index (χ1) is 8.08. The Balaban J connectivity index is 2.46. The molecule has 1 N–H and O–H groups in total. The van der Waals surface area contributed by atoms with Gasteiger partial charge in [-0.1, -0.05) is 16.8 Å². The molecule has 0 aliphatic heterocycles. The number of benzene rings is 1. The molecule has 2 aromatic rings. The molecule has 17 heavy (non-hydrogen) atoms. The van der Waals surface area contributed by atoms with Gasteiger partial charge in [-0.25, -0.2) is 9.07 Å². The summed E-state index contributed by atoms with van der Waals surface area (Å²) in [6, 6.07) is 4.03. The predicted octanol–water partition coefficient (Wildman–Crippen LogP) is 1.69. The Hall–Kier alpha value is -1.95. The van der Waals surface area contributed by atoms with E-state index in [4.69, 9.17) is 16.7 Å². The van der Waals surface area contributed by atoms with E-state index in [1.54, 1.807) is 0 Å². The molecule has 0 fully saturated rings. The van der Waals surface area contributed by atoms with E-state index in [0.29, 0.717) is 5.69 Å². The number of nitrogens with zero attached hydrogens (tertiary/aromatic N) is 3. The number of aromatic nitrogens is 3.